The lowest BCUT2D eigenvalue weighted by atomic mass is 10.1. The summed E-state index contributed by atoms with van der Waals surface area (Å²) < 4.78 is 1.17. The lowest BCUT2D eigenvalue weighted by Gasteiger charge is -2.19. The SMILES string of the molecule is O=C(c1ccccc1)N1C(=O)[C@@H]2CCCN2/C1=N\c1ccc(CCNc2nc3ccccc3s2)cc1. The molecule has 4 aromatic rings. The van der Waals surface area contributed by atoms with Crippen molar-refractivity contribution in [3.05, 3.63) is 90.0 Å². The van der Waals surface area contributed by atoms with Crippen LogP contribution >= 0.6 is 11.3 Å². The van der Waals surface area contributed by atoms with Crippen LogP contribution in [0.1, 0.15) is 28.8 Å². The number of hydrogen-bond acceptors (Lipinski definition) is 6. The van der Waals surface area contributed by atoms with E-state index in [0.717, 1.165) is 48.7 Å². The Morgan fingerprint density at radius 2 is 1.81 bits per heavy atom. The van der Waals surface area contributed by atoms with Crippen LogP contribution in [0.25, 0.3) is 10.2 Å². The summed E-state index contributed by atoms with van der Waals surface area (Å²) in [5, 5.41) is 4.34. The van der Waals surface area contributed by atoms with Crippen LogP contribution < -0.4 is 5.32 Å². The van der Waals surface area contributed by atoms with Crippen molar-refractivity contribution >= 4 is 50.1 Å². The van der Waals surface area contributed by atoms with Gasteiger partial charge in [0.2, 0.25) is 5.96 Å². The zero-order valence-electron chi connectivity index (χ0n) is 19.6. The van der Waals surface area contributed by atoms with Crippen LogP contribution in [0.2, 0.25) is 0 Å². The molecule has 0 radical (unpaired) electrons. The molecule has 0 saturated carbocycles. The number of thiazole rings is 1. The summed E-state index contributed by atoms with van der Waals surface area (Å²) in [7, 11) is 0. The van der Waals surface area contributed by atoms with Crippen LogP contribution in [0.5, 0.6) is 0 Å². The molecule has 8 heteroatoms. The van der Waals surface area contributed by atoms with E-state index in [4.69, 9.17) is 4.99 Å². The molecule has 1 atom stereocenters. The number of aromatic nitrogens is 1. The minimum absolute atomic E-state index is 0.183. The van der Waals surface area contributed by atoms with Gasteiger partial charge in [-0.2, -0.15) is 0 Å². The molecule has 2 aliphatic heterocycles. The average Bonchev–Trinajstić information content (AvgIpc) is 3.61. The van der Waals surface area contributed by atoms with E-state index in [0.29, 0.717) is 11.5 Å². The van der Waals surface area contributed by atoms with Crippen molar-refractivity contribution < 1.29 is 9.59 Å². The second-order valence-electron chi connectivity index (χ2n) is 8.94. The number of fused-ring (bicyclic) bond motifs is 2. The molecule has 2 fully saturated rings. The fourth-order valence-electron chi connectivity index (χ4n) is 4.77. The minimum Gasteiger partial charge on any atom is -0.361 e. The maximum Gasteiger partial charge on any atom is 0.267 e. The predicted octanol–water partition coefficient (Wildman–Crippen LogP) is 5.09. The predicted molar refractivity (Wildman–Crippen MR) is 143 cm³/mol. The minimum atomic E-state index is -0.328. The molecule has 0 unspecified atom stereocenters. The van der Waals surface area contributed by atoms with Gasteiger partial charge in [-0.25, -0.2) is 14.9 Å². The lowest BCUT2D eigenvalue weighted by Crippen LogP contribution is -2.39. The van der Waals surface area contributed by atoms with Gasteiger partial charge >= 0.3 is 0 Å². The number of benzene rings is 3. The molecular formula is C28H25N5O2S. The molecule has 0 spiro atoms. The first-order valence-electron chi connectivity index (χ1n) is 12.1. The van der Waals surface area contributed by atoms with E-state index < -0.39 is 0 Å². The van der Waals surface area contributed by atoms with Crippen molar-refractivity contribution in [2.24, 2.45) is 4.99 Å². The van der Waals surface area contributed by atoms with Crippen LogP contribution in [0.4, 0.5) is 10.8 Å². The molecule has 180 valence electrons. The number of nitrogens with zero attached hydrogens (tertiary/aromatic N) is 4. The third-order valence-electron chi connectivity index (χ3n) is 6.59. The number of imide groups is 1. The molecule has 2 aliphatic rings. The molecule has 0 bridgehead atoms. The first-order chi connectivity index (χ1) is 17.7. The second kappa shape index (κ2) is 9.54. The summed E-state index contributed by atoms with van der Waals surface area (Å²) in [5.41, 5.74) is 3.39. The van der Waals surface area contributed by atoms with Crippen LogP contribution in [0.3, 0.4) is 0 Å². The molecular weight excluding hydrogens is 470 g/mol. The number of hydrogen-bond donors (Lipinski definition) is 1. The van der Waals surface area contributed by atoms with E-state index in [9.17, 15) is 9.59 Å². The molecule has 0 aliphatic carbocycles. The molecule has 2 saturated heterocycles. The summed E-state index contributed by atoms with van der Waals surface area (Å²) in [4.78, 5) is 39.0. The summed E-state index contributed by atoms with van der Waals surface area (Å²) in [5.74, 6) is -0.0782. The first-order valence-corrected chi connectivity index (χ1v) is 13.0. The Hall–Kier alpha value is -4.04. The van der Waals surface area contributed by atoms with Crippen LogP contribution in [-0.4, -0.2) is 51.7 Å². The van der Waals surface area contributed by atoms with E-state index in [-0.39, 0.29) is 17.9 Å². The largest absolute Gasteiger partial charge is 0.361 e. The van der Waals surface area contributed by atoms with Crippen molar-refractivity contribution in [3.63, 3.8) is 0 Å². The molecule has 1 aromatic heterocycles. The summed E-state index contributed by atoms with van der Waals surface area (Å²) >= 11 is 1.66. The Morgan fingerprint density at radius 1 is 1.03 bits per heavy atom. The van der Waals surface area contributed by atoms with Gasteiger partial charge in [0.15, 0.2) is 5.13 Å². The van der Waals surface area contributed by atoms with Gasteiger partial charge in [0.05, 0.1) is 15.9 Å². The topological polar surface area (TPSA) is 77.9 Å². The number of para-hydroxylation sites is 1. The first kappa shape index (κ1) is 22.4. The van der Waals surface area contributed by atoms with E-state index in [1.54, 1.807) is 35.6 Å². The van der Waals surface area contributed by atoms with Gasteiger partial charge in [0, 0.05) is 18.7 Å². The monoisotopic (exact) mass is 495 g/mol. The zero-order valence-corrected chi connectivity index (χ0v) is 20.4. The number of anilines is 1. The summed E-state index contributed by atoms with van der Waals surface area (Å²) in [6.07, 6.45) is 2.51. The van der Waals surface area contributed by atoms with Gasteiger partial charge in [0.1, 0.15) is 6.04 Å². The Morgan fingerprint density at radius 3 is 2.61 bits per heavy atom. The Balaban J connectivity index is 1.17. The fourth-order valence-corrected chi connectivity index (χ4v) is 5.66. The van der Waals surface area contributed by atoms with Crippen molar-refractivity contribution in [3.8, 4) is 0 Å². The quantitative estimate of drug-likeness (QED) is 0.377. The number of nitrogens with one attached hydrogen (secondary N) is 1. The molecule has 7 nitrogen and oxygen atoms in total. The molecule has 3 heterocycles. The van der Waals surface area contributed by atoms with E-state index in [2.05, 4.69) is 16.4 Å². The normalized spacial score (nSPS) is 18.3. The number of carbonyl (C=O) groups excluding carboxylic acids is 2. The van der Waals surface area contributed by atoms with E-state index in [1.165, 1.54) is 15.2 Å². The van der Waals surface area contributed by atoms with Crippen molar-refractivity contribution in [1.82, 2.24) is 14.8 Å². The number of amides is 2. The van der Waals surface area contributed by atoms with E-state index >= 15 is 0 Å². The fraction of sp³-hybridized carbons (Fsp3) is 0.214. The Labute approximate surface area is 213 Å². The Kier molecular flexibility index (Phi) is 5.95. The summed E-state index contributed by atoms with van der Waals surface area (Å²) in [6, 6.07) is 24.7. The molecule has 36 heavy (non-hydrogen) atoms. The highest BCUT2D eigenvalue weighted by Gasteiger charge is 2.48. The smallest absolute Gasteiger partial charge is 0.267 e. The van der Waals surface area contributed by atoms with Crippen LogP contribution in [-0.2, 0) is 11.2 Å². The number of rotatable bonds is 6. The van der Waals surface area contributed by atoms with Gasteiger partial charge in [-0.1, -0.05) is 53.8 Å². The van der Waals surface area contributed by atoms with E-state index in [1.807, 2.05) is 53.4 Å². The van der Waals surface area contributed by atoms with Gasteiger partial charge < -0.3 is 10.2 Å². The van der Waals surface area contributed by atoms with Crippen molar-refractivity contribution in [2.75, 3.05) is 18.4 Å². The number of guanidine groups is 1. The maximum absolute atomic E-state index is 13.2. The third-order valence-corrected chi connectivity index (χ3v) is 7.58. The summed E-state index contributed by atoms with van der Waals surface area (Å²) in [6.45, 7) is 1.50. The second-order valence-corrected chi connectivity index (χ2v) is 9.97. The maximum atomic E-state index is 13.2. The van der Waals surface area contributed by atoms with Gasteiger partial charge in [-0.3, -0.25) is 9.59 Å². The molecule has 6 rings (SSSR count). The molecule has 2 amide bonds. The van der Waals surface area contributed by atoms with Crippen molar-refractivity contribution in [2.45, 2.75) is 25.3 Å². The van der Waals surface area contributed by atoms with Gasteiger partial charge in [0.25, 0.3) is 11.8 Å². The number of aliphatic imine (C=N–C) groups is 1. The Bertz CT molecular complexity index is 1410. The lowest BCUT2D eigenvalue weighted by molar-refractivity contribution is -0.126. The highest BCUT2D eigenvalue weighted by atomic mass is 32.1. The van der Waals surface area contributed by atoms with Gasteiger partial charge in [-0.05, 0) is 61.2 Å². The van der Waals surface area contributed by atoms with Crippen LogP contribution in [0, 0.1) is 0 Å². The average molecular weight is 496 g/mol. The number of carbonyl (C=O) groups is 2. The highest BCUT2D eigenvalue weighted by molar-refractivity contribution is 7.22. The highest BCUT2D eigenvalue weighted by Crippen LogP contribution is 2.31. The standard InChI is InChI=1S/C28H25N5O2S/c34-25(20-7-2-1-3-8-20)33-26(35)23-10-6-18-32(23)28(33)30-21-14-12-19(13-15-21)16-17-29-27-31-22-9-4-5-11-24(22)36-27/h1-5,7-9,11-15,23H,6,10,16-18H2,(H,29,31)/b30-28+/t23-/m0/s1. The molecule has 1 N–H and O–H groups in total. The third kappa shape index (κ3) is 4.24. The van der Waals surface area contributed by atoms with Crippen molar-refractivity contribution in [1.29, 1.82) is 0 Å². The zero-order chi connectivity index (χ0) is 24.5. The van der Waals surface area contributed by atoms with Gasteiger partial charge in [-0.15, -0.1) is 0 Å². The molecule has 3 aromatic carbocycles. The van der Waals surface area contributed by atoms with Crippen LogP contribution in [0.15, 0.2) is 83.9 Å².